The first-order valence-corrected chi connectivity index (χ1v) is 4.44. The first-order valence-electron chi connectivity index (χ1n) is 4.44. The number of likely N-dealkylation sites (N-methyl/N-ethyl adjacent to an activating group) is 1. The molecule has 2 nitrogen and oxygen atoms in total. The van der Waals surface area contributed by atoms with Crippen molar-refractivity contribution in [2.75, 3.05) is 20.2 Å². The van der Waals surface area contributed by atoms with E-state index in [4.69, 9.17) is 4.74 Å². The lowest BCUT2D eigenvalue weighted by atomic mass is 9.98. The van der Waals surface area contributed by atoms with Crippen LogP contribution in [0.5, 0.6) is 0 Å². The molecule has 0 aromatic rings. The van der Waals surface area contributed by atoms with Gasteiger partial charge < -0.3 is 4.74 Å². The van der Waals surface area contributed by atoms with Gasteiger partial charge in [0.1, 0.15) is 0 Å². The second-order valence-corrected chi connectivity index (χ2v) is 3.80. The second-order valence-electron chi connectivity index (χ2n) is 3.80. The summed E-state index contributed by atoms with van der Waals surface area (Å²) in [7, 11) is 2.17. The molecule has 1 aliphatic rings. The van der Waals surface area contributed by atoms with Crippen LogP contribution in [0.15, 0.2) is 0 Å². The van der Waals surface area contributed by atoms with E-state index in [2.05, 4.69) is 32.7 Å². The molecule has 0 amide bonds. The van der Waals surface area contributed by atoms with Crippen molar-refractivity contribution in [1.82, 2.24) is 4.90 Å². The largest absolute Gasteiger partial charge is 0.375 e. The van der Waals surface area contributed by atoms with E-state index < -0.39 is 0 Å². The van der Waals surface area contributed by atoms with E-state index in [1.54, 1.807) is 0 Å². The molecule has 1 heterocycles. The minimum absolute atomic E-state index is 0.425. The van der Waals surface area contributed by atoms with Crippen LogP contribution in [0.4, 0.5) is 0 Å². The Morgan fingerprint density at radius 3 is 2.55 bits per heavy atom. The van der Waals surface area contributed by atoms with Crippen LogP contribution in [0.1, 0.15) is 20.8 Å². The Bertz CT molecular complexity index is 125. The summed E-state index contributed by atoms with van der Waals surface area (Å²) >= 11 is 0. The van der Waals surface area contributed by atoms with Gasteiger partial charge in [-0.2, -0.15) is 0 Å². The summed E-state index contributed by atoms with van der Waals surface area (Å²) in [6.45, 7) is 8.65. The molecule has 11 heavy (non-hydrogen) atoms. The Labute approximate surface area is 69.5 Å². The molecule has 66 valence electrons. The van der Waals surface area contributed by atoms with Crippen molar-refractivity contribution in [3.8, 4) is 0 Å². The fraction of sp³-hybridized carbons (Fsp3) is 1.00. The molecule has 0 spiro atoms. The fourth-order valence-electron chi connectivity index (χ4n) is 1.68. The molecule has 0 saturated carbocycles. The van der Waals surface area contributed by atoms with Gasteiger partial charge in [-0.3, -0.25) is 4.90 Å². The van der Waals surface area contributed by atoms with Gasteiger partial charge >= 0.3 is 0 Å². The van der Waals surface area contributed by atoms with E-state index in [1.807, 2.05) is 0 Å². The highest BCUT2D eigenvalue weighted by molar-refractivity contribution is 4.80. The summed E-state index contributed by atoms with van der Waals surface area (Å²) in [6.07, 6.45) is 0.425. The molecule has 2 heteroatoms. The monoisotopic (exact) mass is 157 g/mol. The minimum atomic E-state index is 0.425. The maximum absolute atomic E-state index is 5.68. The number of hydrogen-bond donors (Lipinski definition) is 0. The highest BCUT2D eigenvalue weighted by Gasteiger charge is 2.28. The summed E-state index contributed by atoms with van der Waals surface area (Å²) in [5, 5.41) is 0. The summed E-state index contributed by atoms with van der Waals surface area (Å²) in [6, 6.07) is 0.573. The van der Waals surface area contributed by atoms with Crippen LogP contribution in [-0.2, 0) is 4.74 Å². The molecule has 1 aliphatic heterocycles. The fourth-order valence-corrected chi connectivity index (χ4v) is 1.68. The van der Waals surface area contributed by atoms with Gasteiger partial charge in [-0.25, -0.2) is 0 Å². The molecule has 2 unspecified atom stereocenters. The van der Waals surface area contributed by atoms with Gasteiger partial charge in [0.2, 0.25) is 0 Å². The van der Waals surface area contributed by atoms with Crippen LogP contribution < -0.4 is 0 Å². The number of nitrogens with zero attached hydrogens (tertiary/aromatic N) is 1. The SMILES string of the molecule is CC(C)C1OCCN(C)C1C. The predicted octanol–water partition coefficient (Wildman–Crippen LogP) is 1.36. The molecular weight excluding hydrogens is 138 g/mol. The third kappa shape index (κ3) is 1.94. The normalized spacial score (nSPS) is 34.6. The van der Waals surface area contributed by atoms with Crippen molar-refractivity contribution in [3.05, 3.63) is 0 Å². The number of rotatable bonds is 1. The van der Waals surface area contributed by atoms with E-state index in [-0.39, 0.29) is 0 Å². The highest BCUT2D eigenvalue weighted by Crippen LogP contribution is 2.18. The molecule has 0 aliphatic carbocycles. The Hall–Kier alpha value is -0.0800. The first kappa shape index (κ1) is 9.01. The zero-order chi connectivity index (χ0) is 8.43. The molecule has 0 aromatic carbocycles. The topological polar surface area (TPSA) is 12.5 Å². The Morgan fingerprint density at radius 1 is 1.45 bits per heavy atom. The van der Waals surface area contributed by atoms with Crippen molar-refractivity contribution in [3.63, 3.8) is 0 Å². The van der Waals surface area contributed by atoms with Crippen LogP contribution in [0, 0.1) is 5.92 Å². The number of ether oxygens (including phenoxy) is 1. The molecule has 1 saturated heterocycles. The van der Waals surface area contributed by atoms with E-state index in [0.717, 1.165) is 13.2 Å². The summed E-state index contributed by atoms with van der Waals surface area (Å²) in [5.74, 6) is 0.632. The average Bonchev–Trinajstić information content (AvgIpc) is 1.94. The molecule has 0 aromatic heterocycles. The van der Waals surface area contributed by atoms with Crippen molar-refractivity contribution < 1.29 is 4.74 Å². The van der Waals surface area contributed by atoms with Crippen LogP contribution in [0.25, 0.3) is 0 Å². The van der Waals surface area contributed by atoms with Crippen LogP contribution >= 0.6 is 0 Å². The molecular formula is C9H19NO. The standard InChI is InChI=1S/C9H19NO/c1-7(2)9-8(3)10(4)5-6-11-9/h7-9H,5-6H2,1-4H3. The van der Waals surface area contributed by atoms with Crippen LogP contribution in [0.2, 0.25) is 0 Å². The van der Waals surface area contributed by atoms with Gasteiger partial charge in [-0.05, 0) is 19.9 Å². The maximum atomic E-state index is 5.68. The molecule has 0 N–H and O–H groups in total. The van der Waals surface area contributed by atoms with E-state index in [1.165, 1.54) is 0 Å². The molecule has 2 atom stereocenters. The molecule has 0 radical (unpaired) electrons. The molecule has 0 bridgehead atoms. The van der Waals surface area contributed by atoms with E-state index in [0.29, 0.717) is 18.1 Å². The Kier molecular flexibility index (Phi) is 2.90. The Balaban J connectivity index is 2.51. The van der Waals surface area contributed by atoms with Crippen molar-refractivity contribution in [1.29, 1.82) is 0 Å². The minimum Gasteiger partial charge on any atom is -0.375 e. The Morgan fingerprint density at radius 2 is 2.09 bits per heavy atom. The lowest BCUT2D eigenvalue weighted by molar-refractivity contribution is -0.0765. The van der Waals surface area contributed by atoms with Gasteiger partial charge in [0.15, 0.2) is 0 Å². The van der Waals surface area contributed by atoms with Crippen molar-refractivity contribution in [2.24, 2.45) is 5.92 Å². The maximum Gasteiger partial charge on any atom is 0.0750 e. The summed E-state index contributed by atoms with van der Waals surface area (Å²) < 4.78 is 5.68. The quantitative estimate of drug-likeness (QED) is 0.570. The van der Waals surface area contributed by atoms with Crippen molar-refractivity contribution >= 4 is 0 Å². The smallest absolute Gasteiger partial charge is 0.0750 e. The van der Waals surface area contributed by atoms with Gasteiger partial charge in [-0.1, -0.05) is 13.8 Å². The van der Waals surface area contributed by atoms with Gasteiger partial charge in [0.25, 0.3) is 0 Å². The van der Waals surface area contributed by atoms with E-state index >= 15 is 0 Å². The highest BCUT2D eigenvalue weighted by atomic mass is 16.5. The van der Waals surface area contributed by atoms with Gasteiger partial charge in [0, 0.05) is 12.6 Å². The van der Waals surface area contributed by atoms with Crippen LogP contribution in [0.3, 0.4) is 0 Å². The lowest BCUT2D eigenvalue weighted by Gasteiger charge is -2.38. The second kappa shape index (κ2) is 3.55. The third-order valence-corrected chi connectivity index (χ3v) is 2.58. The zero-order valence-corrected chi connectivity index (χ0v) is 8.00. The lowest BCUT2D eigenvalue weighted by Crippen LogP contribution is -2.49. The van der Waals surface area contributed by atoms with Crippen molar-refractivity contribution in [2.45, 2.75) is 32.9 Å². The average molecular weight is 157 g/mol. The number of morpholine rings is 1. The van der Waals surface area contributed by atoms with E-state index in [9.17, 15) is 0 Å². The third-order valence-electron chi connectivity index (χ3n) is 2.58. The van der Waals surface area contributed by atoms with Crippen LogP contribution in [-0.4, -0.2) is 37.2 Å². The summed E-state index contributed by atoms with van der Waals surface area (Å²) in [4.78, 5) is 2.37. The van der Waals surface area contributed by atoms with Gasteiger partial charge in [0.05, 0.1) is 12.7 Å². The number of hydrogen-bond acceptors (Lipinski definition) is 2. The predicted molar refractivity (Wildman–Crippen MR) is 46.7 cm³/mol. The zero-order valence-electron chi connectivity index (χ0n) is 8.00. The summed E-state index contributed by atoms with van der Waals surface area (Å²) in [5.41, 5.74) is 0. The molecule has 1 rings (SSSR count). The first-order chi connectivity index (χ1) is 5.13. The van der Waals surface area contributed by atoms with Gasteiger partial charge in [-0.15, -0.1) is 0 Å². The molecule has 1 fully saturated rings.